The number of alkyl halides is 1. The second kappa shape index (κ2) is 5.90. The molecule has 12 heavy (non-hydrogen) atoms. The topological polar surface area (TPSA) is 46.6 Å². The zero-order chi connectivity index (χ0) is 9.61. The number of halogens is 1. The second-order valence-corrected chi connectivity index (χ2v) is 5.12. The average molecular weight is 260 g/mol. The van der Waals surface area contributed by atoms with Crippen LogP contribution in [0, 0.1) is 0 Å². The highest BCUT2D eigenvalue weighted by atomic mass is 79.9. The van der Waals surface area contributed by atoms with Crippen molar-refractivity contribution in [3.05, 3.63) is 0 Å². The van der Waals surface area contributed by atoms with E-state index >= 15 is 0 Å². The van der Waals surface area contributed by atoms with Crippen LogP contribution in [0.3, 0.4) is 0 Å². The third-order valence-electron chi connectivity index (χ3n) is 1.35. The summed E-state index contributed by atoms with van der Waals surface area (Å²) >= 11 is 3.19. The second-order valence-electron chi connectivity index (χ2n) is 2.34. The Morgan fingerprint density at radius 3 is 2.33 bits per heavy atom. The Hall–Kier alpha value is 0.350. The smallest absolute Gasteiger partial charge is 0.211 e. The van der Waals surface area contributed by atoms with Gasteiger partial charge < -0.3 is 4.74 Å². The molecule has 0 unspecified atom stereocenters. The molecule has 0 aliphatic rings. The average Bonchev–Trinajstić information content (AvgIpc) is 1.95. The van der Waals surface area contributed by atoms with Gasteiger partial charge in [0.2, 0.25) is 10.0 Å². The molecule has 0 aromatic heterocycles. The van der Waals surface area contributed by atoms with Crippen molar-refractivity contribution < 1.29 is 13.2 Å². The van der Waals surface area contributed by atoms with Crippen molar-refractivity contribution >= 4 is 26.0 Å². The van der Waals surface area contributed by atoms with Gasteiger partial charge in [-0.2, -0.15) is 4.31 Å². The highest BCUT2D eigenvalue weighted by molar-refractivity contribution is 9.09. The number of hydrogen-bond acceptors (Lipinski definition) is 3. The molecule has 0 amide bonds. The van der Waals surface area contributed by atoms with Crippen LogP contribution < -0.4 is 0 Å². The molecular weight excluding hydrogens is 246 g/mol. The zero-order valence-corrected chi connectivity index (χ0v) is 9.69. The molecule has 0 aliphatic carbocycles. The first-order valence-electron chi connectivity index (χ1n) is 3.52. The SMILES string of the molecule is COCCN(CCBr)S(C)(=O)=O. The van der Waals surface area contributed by atoms with Crippen LogP contribution >= 0.6 is 15.9 Å². The van der Waals surface area contributed by atoms with Gasteiger partial charge in [0.25, 0.3) is 0 Å². The van der Waals surface area contributed by atoms with Crippen molar-refractivity contribution in [2.75, 3.05) is 38.4 Å². The summed E-state index contributed by atoms with van der Waals surface area (Å²) in [6.07, 6.45) is 1.20. The summed E-state index contributed by atoms with van der Waals surface area (Å²) in [4.78, 5) is 0. The van der Waals surface area contributed by atoms with Crippen molar-refractivity contribution in [1.29, 1.82) is 0 Å². The Morgan fingerprint density at radius 2 is 2.00 bits per heavy atom. The fourth-order valence-electron chi connectivity index (χ4n) is 0.731. The van der Waals surface area contributed by atoms with Gasteiger partial charge >= 0.3 is 0 Å². The molecular formula is C6H14BrNO3S. The molecule has 0 fully saturated rings. The molecule has 0 atom stereocenters. The predicted octanol–water partition coefficient (Wildman–Crippen LogP) is 0.289. The molecule has 0 N–H and O–H groups in total. The van der Waals surface area contributed by atoms with Crippen molar-refractivity contribution in [1.82, 2.24) is 4.31 Å². The summed E-state index contributed by atoms with van der Waals surface area (Å²) in [5.74, 6) is 0. The molecule has 0 spiro atoms. The van der Waals surface area contributed by atoms with Crippen LogP contribution in [0.5, 0.6) is 0 Å². The van der Waals surface area contributed by atoms with E-state index in [1.807, 2.05) is 0 Å². The first kappa shape index (κ1) is 12.3. The predicted molar refractivity (Wildman–Crippen MR) is 52.1 cm³/mol. The maximum absolute atomic E-state index is 11.1. The highest BCUT2D eigenvalue weighted by Gasteiger charge is 2.14. The monoisotopic (exact) mass is 259 g/mol. The Kier molecular flexibility index (Phi) is 6.08. The maximum Gasteiger partial charge on any atom is 0.211 e. The summed E-state index contributed by atoms with van der Waals surface area (Å²) in [7, 11) is -1.53. The summed E-state index contributed by atoms with van der Waals surface area (Å²) < 4.78 is 28.3. The van der Waals surface area contributed by atoms with E-state index < -0.39 is 10.0 Å². The molecule has 0 aromatic carbocycles. The van der Waals surface area contributed by atoms with Gasteiger partial charge in [0.15, 0.2) is 0 Å². The van der Waals surface area contributed by atoms with Gasteiger partial charge in [-0.3, -0.25) is 0 Å². The fraction of sp³-hybridized carbons (Fsp3) is 1.00. The number of methoxy groups -OCH3 is 1. The van der Waals surface area contributed by atoms with E-state index in [2.05, 4.69) is 15.9 Å². The van der Waals surface area contributed by atoms with Gasteiger partial charge in [0.05, 0.1) is 12.9 Å². The van der Waals surface area contributed by atoms with E-state index in [1.165, 1.54) is 10.6 Å². The van der Waals surface area contributed by atoms with Crippen LogP contribution in [-0.4, -0.2) is 51.1 Å². The number of sulfonamides is 1. The summed E-state index contributed by atoms with van der Waals surface area (Å²) in [6, 6.07) is 0. The Labute approximate surface area is 82.1 Å². The van der Waals surface area contributed by atoms with E-state index in [0.29, 0.717) is 25.0 Å². The minimum atomic E-state index is -3.08. The third-order valence-corrected chi connectivity index (χ3v) is 3.01. The lowest BCUT2D eigenvalue weighted by Crippen LogP contribution is -2.34. The minimum Gasteiger partial charge on any atom is -0.383 e. The molecule has 0 aliphatic heterocycles. The molecule has 0 radical (unpaired) electrons. The van der Waals surface area contributed by atoms with Crippen molar-refractivity contribution in [3.63, 3.8) is 0 Å². The number of nitrogens with zero attached hydrogens (tertiary/aromatic N) is 1. The summed E-state index contributed by atoms with van der Waals surface area (Å²) in [6.45, 7) is 1.34. The molecule has 74 valence electrons. The molecule has 0 saturated carbocycles. The van der Waals surface area contributed by atoms with Crippen LogP contribution in [0.2, 0.25) is 0 Å². The van der Waals surface area contributed by atoms with Crippen LogP contribution in [0.1, 0.15) is 0 Å². The number of hydrogen-bond donors (Lipinski definition) is 0. The first-order valence-corrected chi connectivity index (χ1v) is 6.49. The van der Waals surface area contributed by atoms with Crippen LogP contribution in [0.4, 0.5) is 0 Å². The molecule has 0 bridgehead atoms. The summed E-state index contributed by atoms with van der Waals surface area (Å²) in [5, 5.41) is 0.643. The van der Waals surface area contributed by atoms with E-state index in [-0.39, 0.29) is 0 Å². The van der Waals surface area contributed by atoms with E-state index in [9.17, 15) is 8.42 Å². The molecule has 0 heterocycles. The summed E-state index contributed by atoms with van der Waals surface area (Å²) in [5.41, 5.74) is 0. The van der Waals surface area contributed by atoms with E-state index in [1.54, 1.807) is 7.11 Å². The first-order chi connectivity index (χ1) is 5.52. The number of rotatable bonds is 6. The van der Waals surface area contributed by atoms with Crippen molar-refractivity contribution in [2.24, 2.45) is 0 Å². The Balaban J connectivity index is 4.05. The Morgan fingerprint density at radius 1 is 1.42 bits per heavy atom. The van der Waals surface area contributed by atoms with E-state index in [0.717, 1.165) is 0 Å². The van der Waals surface area contributed by atoms with Crippen molar-refractivity contribution in [3.8, 4) is 0 Å². The zero-order valence-electron chi connectivity index (χ0n) is 7.29. The van der Waals surface area contributed by atoms with Crippen LogP contribution in [0.25, 0.3) is 0 Å². The fourth-order valence-corrected chi connectivity index (χ4v) is 2.22. The largest absolute Gasteiger partial charge is 0.383 e. The molecule has 0 aromatic rings. The molecule has 6 heteroatoms. The van der Waals surface area contributed by atoms with Gasteiger partial charge in [-0.15, -0.1) is 0 Å². The lowest BCUT2D eigenvalue weighted by Gasteiger charge is -2.17. The standard InChI is InChI=1S/C6H14BrNO3S/c1-11-6-5-8(4-3-7)12(2,9)10/h3-6H2,1-2H3. The lowest BCUT2D eigenvalue weighted by atomic mass is 10.6. The quantitative estimate of drug-likeness (QED) is 0.645. The number of ether oxygens (including phenoxy) is 1. The van der Waals surface area contributed by atoms with Gasteiger partial charge in [-0.1, -0.05) is 15.9 Å². The maximum atomic E-state index is 11.1. The molecule has 0 rings (SSSR count). The van der Waals surface area contributed by atoms with E-state index in [4.69, 9.17) is 4.74 Å². The normalized spacial score (nSPS) is 12.3. The van der Waals surface area contributed by atoms with Crippen LogP contribution in [0.15, 0.2) is 0 Å². The highest BCUT2D eigenvalue weighted by Crippen LogP contribution is 1.98. The van der Waals surface area contributed by atoms with Gasteiger partial charge in [0, 0.05) is 25.5 Å². The van der Waals surface area contributed by atoms with Crippen molar-refractivity contribution in [2.45, 2.75) is 0 Å². The van der Waals surface area contributed by atoms with Gasteiger partial charge in [0.1, 0.15) is 0 Å². The molecule has 4 nitrogen and oxygen atoms in total. The Bertz CT molecular complexity index is 205. The van der Waals surface area contributed by atoms with Gasteiger partial charge in [-0.25, -0.2) is 8.42 Å². The minimum absolute atomic E-state index is 0.418. The van der Waals surface area contributed by atoms with Gasteiger partial charge in [-0.05, 0) is 0 Å². The lowest BCUT2D eigenvalue weighted by molar-refractivity contribution is 0.181. The molecule has 0 saturated heterocycles. The third kappa shape index (κ3) is 5.08. The van der Waals surface area contributed by atoms with Crippen LogP contribution in [-0.2, 0) is 14.8 Å².